The summed E-state index contributed by atoms with van der Waals surface area (Å²) in [6, 6.07) is 0.896. The average Bonchev–Trinajstić information content (AvgIpc) is 3.09. The number of nitrogens with zero attached hydrogens (tertiary/aromatic N) is 2. The van der Waals surface area contributed by atoms with Crippen LogP contribution in [0.1, 0.15) is 39.0 Å². The SMILES string of the molecule is CC1CC(CN)(N2CCN(C3CCCC3)CC2)CS1. The summed E-state index contributed by atoms with van der Waals surface area (Å²) in [5.74, 6) is 1.24. The summed E-state index contributed by atoms with van der Waals surface area (Å²) in [6.45, 7) is 8.21. The standard InChI is InChI=1S/C15H29N3S/c1-13-10-15(11-16,12-19-13)18-8-6-17(7-9-18)14-4-2-3-5-14/h13-14H,2-12,16H2,1H3. The fourth-order valence-electron chi connectivity index (χ4n) is 4.27. The molecule has 2 heterocycles. The van der Waals surface area contributed by atoms with Gasteiger partial charge in [0.05, 0.1) is 0 Å². The minimum atomic E-state index is 0.311. The summed E-state index contributed by atoms with van der Waals surface area (Å²) in [7, 11) is 0. The van der Waals surface area contributed by atoms with Crippen LogP contribution >= 0.6 is 11.8 Å². The lowest BCUT2D eigenvalue weighted by atomic mass is 9.93. The van der Waals surface area contributed by atoms with Gasteiger partial charge in [-0.15, -0.1) is 0 Å². The molecule has 3 nitrogen and oxygen atoms in total. The van der Waals surface area contributed by atoms with Crippen LogP contribution in [0.5, 0.6) is 0 Å². The largest absolute Gasteiger partial charge is 0.329 e. The molecule has 19 heavy (non-hydrogen) atoms. The predicted molar refractivity (Wildman–Crippen MR) is 83.7 cm³/mol. The van der Waals surface area contributed by atoms with E-state index < -0.39 is 0 Å². The summed E-state index contributed by atoms with van der Waals surface area (Å²) in [4.78, 5) is 5.47. The molecule has 2 aliphatic heterocycles. The third-order valence-electron chi connectivity index (χ3n) is 5.51. The molecule has 0 aromatic carbocycles. The molecule has 2 unspecified atom stereocenters. The number of rotatable bonds is 3. The molecule has 2 N–H and O–H groups in total. The van der Waals surface area contributed by atoms with Gasteiger partial charge in [-0.25, -0.2) is 0 Å². The second kappa shape index (κ2) is 5.92. The van der Waals surface area contributed by atoms with E-state index in [9.17, 15) is 0 Å². The van der Waals surface area contributed by atoms with Gasteiger partial charge < -0.3 is 5.73 Å². The maximum Gasteiger partial charge on any atom is 0.0433 e. The highest BCUT2D eigenvalue weighted by molar-refractivity contribution is 8.00. The normalized spacial score (nSPS) is 39.2. The van der Waals surface area contributed by atoms with Gasteiger partial charge in [-0.3, -0.25) is 9.80 Å². The molecule has 1 aliphatic carbocycles. The molecular formula is C15H29N3S. The van der Waals surface area contributed by atoms with Crippen molar-refractivity contribution < 1.29 is 0 Å². The summed E-state index contributed by atoms with van der Waals surface area (Å²) in [6.07, 6.45) is 7.07. The first-order valence-electron chi connectivity index (χ1n) is 8.04. The van der Waals surface area contributed by atoms with E-state index in [1.807, 2.05) is 0 Å². The van der Waals surface area contributed by atoms with Crippen LogP contribution in [0, 0.1) is 0 Å². The van der Waals surface area contributed by atoms with Gasteiger partial charge in [-0.2, -0.15) is 11.8 Å². The fourth-order valence-corrected chi connectivity index (χ4v) is 5.71. The zero-order chi connectivity index (χ0) is 13.3. The van der Waals surface area contributed by atoms with Crippen molar-refractivity contribution in [1.29, 1.82) is 0 Å². The second-order valence-electron chi connectivity index (χ2n) is 6.72. The number of thioether (sulfide) groups is 1. The second-order valence-corrected chi connectivity index (χ2v) is 8.14. The lowest BCUT2D eigenvalue weighted by Crippen LogP contribution is -2.61. The Bertz CT molecular complexity index is 298. The first kappa shape index (κ1) is 14.2. The molecule has 1 saturated carbocycles. The minimum Gasteiger partial charge on any atom is -0.329 e. The van der Waals surface area contributed by atoms with Gasteiger partial charge in [0.1, 0.15) is 0 Å². The molecule has 110 valence electrons. The third-order valence-corrected chi connectivity index (χ3v) is 6.95. The molecule has 0 bridgehead atoms. The predicted octanol–water partition coefficient (Wildman–Crippen LogP) is 1.77. The van der Waals surface area contributed by atoms with Crippen molar-refractivity contribution in [1.82, 2.24) is 9.80 Å². The Morgan fingerprint density at radius 2 is 1.84 bits per heavy atom. The van der Waals surface area contributed by atoms with E-state index in [4.69, 9.17) is 5.73 Å². The summed E-state index contributed by atoms with van der Waals surface area (Å²) in [5.41, 5.74) is 6.46. The Hall–Kier alpha value is 0.230. The molecule has 2 atom stereocenters. The average molecular weight is 283 g/mol. The van der Waals surface area contributed by atoms with Gasteiger partial charge in [-0.1, -0.05) is 19.8 Å². The van der Waals surface area contributed by atoms with Crippen molar-refractivity contribution in [2.75, 3.05) is 38.5 Å². The van der Waals surface area contributed by atoms with E-state index in [1.54, 1.807) is 0 Å². The van der Waals surface area contributed by atoms with Crippen LogP contribution < -0.4 is 5.73 Å². The number of nitrogens with two attached hydrogens (primary N) is 1. The lowest BCUT2D eigenvalue weighted by molar-refractivity contribution is 0.0320. The Labute approximate surface area is 122 Å². The third kappa shape index (κ3) is 2.82. The Morgan fingerprint density at radius 1 is 1.16 bits per heavy atom. The van der Waals surface area contributed by atoms with Gasteiger partial charge in [-0.05, 0) is 19.3 Å². The highest BCUT2D eigenvalue weighted by Crippen LogP contribution is 2.38. The van der Waals surface area contributed by atoms with Gasteiger partial charge in [0, 0.05) is 55.3 Å². The van der Waals surface area contributed by atoms with E-state index in [1.165, 1.54) is 64.0 Å². The fraction of sp³-hybridized carbons (Fsp3) is 1.00. The number of hydrogen-bond donors (Lipinski definition) is 1. The van der Waals surface area contributed by atoms with Crippen LogP contribution in [-0.4, -0.2) is 65.1 Å². The zero-order valence-corrected chi connectivity index (χ0v) is 13.1. The van der Waals surface area contributed by atoms with Crippen molar-refractivity contribution in [2.45, 2.75) is 55.9 Å². The maximum atomic E-state index is 6.15. The van der Waals surface area contributed by atoms with E-state index >= 15 is 0 Å². The van der Waals surface area contributed by atoms with E-state index in [0.29, 0.717) is 5.54 Å². The van der Waals surface area contributed by atoms with Crippen LogP contribution in [0.15, 0.2) is 0 Å². The lowest BCUT2D eigenvalue weighted by Gasteiger charge is -2.46. The molecular weight excluding hydrogens is 254 g/mol. The molecule has 0 aromatic rings. The maximum absolute atomic E-state index is 6.15. The monoisotopic (exact) mass is 283 g/mol. The number of piperazine rings is 1. The highest BCUT2D eigenvalue weighted by atomic mass is 32.2. The van der Waals surface area contributed by atoms with Crippen molar-refractivity contribution in [2.24, 2.45) is 5.73 Å². The molecule has 4 heteroatoms. The quantitative estimate of drug-likeness (QED) is 0.856. The zero-order valence-electron chi connectivity index (χ0n) is 12.3. The van der Waals surface area contributed by atoms with Crippen LogP contribution in [0.2, 0.25) is 0 Å². The van der Waals surface area contributed by atoms with E-state index in [0.717, 1.165) is 17.8 Å². The first-order chi connectivity index (χ1) is 9.23. The van der Waals surface area contributed by atoms with Crippen molar-refractivity contribution in [3.05, 3.63) is 0 Å². The summed E-state index contributed by atoms with van der Waals surface area (Å²) >= 11 is 2.11. The Morgan fingerprint density at radius 3 is 2.37 bits per heavy atom. The Kier molecular flexibility index (Phi) is 4.42. The summed E-state index contributed by atoms with van der Waals surface area (Å²) in [5, 5.41) is 0.788. The van der Waals surface area contributed by atoms with Gasteiger partial charge >= 0.3 is 0 Å². The molecule has 3 fully saturated rings. The van der Waals surface area contributed by atoms with E-state index in [2.05, 4.69) is 28.5 Å². The highest BCUT2D eigenvalue weighted by Gasteiger charge is 2.43. The molecule has 3 aliphatic rings. The molecule has 0 aromatic heterocycles. The van der Waals surface area contributed by atoms with E-state index in [-0.39, 0.29) is 0 Å². The minimum absolute atomic E-state index is 0.311. The smallest absolute Gasteiger partial charge is 0.0433 e. The number of hydrogen-bond acceptors (Lipinski definition) is 4. The van der Waals surface area contributed by atoms with Crippen LogP contribution in [0.3, 0.4) is 0 Å². The summed E-state index contributed by atoms with van der Waals surface area (Å²) < 4.78 is 0. The van der Waals surface area contributed by atoms with Gasteiger partial charge in [0.25, 0.3) is 0 Å². The van der Waals surface area contributed by atoms with Crippen LogP contribution in [-0.2, 0) is 0 Å². The van der Waals surface area contributed by atoms with Crippen LogP contribution in [0.25, 0.3) is 0 Å². The molecule has 0 radical (unpaired) electrons. The van der Waals surface area contributed by atoms with Crippen molar-refractivity contribution in [3.8, 4) is 0 Å². The van der Waals surface area contributed by atoms with Crippen molar-refractivity contribution in [3.63, 3.8) is 0 Å². The molecule has 3 rings (SSSR count). The van der Waals surface area contributed by atoms with Crippen LogP contribution in [0.4, 0.5) is 0 Å². The molecule has 2 saturated heterocycles. The topological polar surface area (TPSA) is 32.5 Å². The van der Waals surface area contributed by atoms with Gasteiger partial charge in [0.2, 0.25) is 0 Å². The molecule has 0 spiro atoms. The molecule has 0 amide bonds. The van der Waals surface area contributed by atoms with Crippen molar-refractivity contribution >= 4 is 11.8 Å². The first-order valence-corrected chi connectivity index (χ1v) is 9.09. The van der Waals surface area contributed by atoms with Gasteiger partial charge in [0.15, 0.2) is 0 Å². The Balaban J connectivity index is 1.57.